The van der Waals surface area contributed by atoms with E-state index in [1.54, 1.807) is 39.5 Å². The number of nitrogens with zero attached hydrogens (tertiary/aromatic N) is 3. The fourth-order valence-corrected chi connectivity index (χ4v) is 3.47. The van der Waals surface area contributed by atoms with Crippen LogP contribution >= 0.6 is 11.8 Å². The van der Waals surface area contributed by atoms with Crippen molar-refractivity contribution < 1.29 is 19.0 Å². The van der Waals surface area contributed by atoms with Gasteiger partial charge in [0.25, 0.3) is 0 Å². The number of ether oxygens (including phenoxy) is 3. The van der Waals surface area contributed by atoms with Gasteiger partial charge in [-0.05, 0) is 36.4 Å². The van der Waals surface area contributed by atoms with Gasteiger partial charge in [0.05, 0.1) is 39.3 Å². The molecule has 0 saturated carbocycles. The SMILES string of the molecule is COc1ccc(NCc2nnc(SCC(=O)Nc3cc(OC)ccc3OC)n2C)cc1. The van der Waals surface area contributed by atoms with Gasteiger partial charge in [0, 0.05) is 18.8 Å². The molecule has 0 aliphatic carbocycles. The molecule has 0 saturated heterocycles. The van der Waals surface area contributed by atoms with Crippen molar-refractivity contribution in [3.63, 3.8) is 0 Å². The van der Waals surface area contributed by atoms with Crippen LogP contribution in [0.2, 0.25) is 0 Å². The number of benzene rings is 2. The molecule has 164 valence electrons. The minimum absolute atomic E-state index is 0.179. The minimum Gasteiger partial charge on any atom is -0.497 e. The molecule has 1 aromatic heterocycles. The average molecular weight is 444 g/mol. The molecular weight excluding hydrogens is 418 g/mol. The lowest BCUT2D eigenvalue weighted by Crippen LogP contribution is -2.15. The maximum atomic E-state index is 12.4. The van der Waals surface area contributed by atoms with E-state index in [1.807, 2.05) is 35.9 Å². The van der Waals surface area contributed by atoms with Crippen LogP contribution in [-0.4, -0.2) is 47.8 Å². The second-order valence-corrected chi connectivity index (χ2v) is 7.39. The lowest BCUT2D eigenvalue weighted by Gasteiger charge is -2.11. The van der Waals surface area contributed by atoms with Crippen LogP contribution in [0.15, 0.2) is 47.6 Å². The molecule has 0 bridgehead atoms. The zero-order valence-electron chi connectivity index (χ0n) is 17.8. The van der Waals surface area contributed by atoms with E-state index in [0.717, 1.165) is 17.3 Å². The lowest BCUT2D eigenvalue weighted by molar-refractivity contribution is -0.113. The van der Waals surface area contributed by atoms with Gasteiger partial charge in [-0.1, -0.05) is 11.8 Å². The largest absolute Gasteiger partial charge is 0.497 e. The van der Waals surface area contributed by atoms with Gasteiger partial charge in [-0.25, -0.2) is 0 Å². The van der Waals surface area contributed by atoms with E-state index in [9.17, 15) is 4.79 Å². The number of amides is 1. The normalized spacial score (nSPS) is 10.5. The predicted octanol–water partition coefficient (Wildman–Crippen LogP) is 3.18. The number of carbonyl (C=O) groups excluding carboxylic acids is 1. The summed E-state index contributed by atoms with van der Waals surface area (Å²) in [6.07, 6.45) is 0. The highest BCUT2D eigenvalue weighted by molar-refractivity contribution is 7.99. The van der Waals surface area contributed by atoms with Crippen molar-refractivity contribution in [3.05, 3.63) is 48.3 Å². The number of anilines is 2. The van der Waals surface area contributed by atoms with Crippen molar-refractivity contribution in [1.29, 1.82) is 0 Å². The highest BCUT2D eigenvalue weighted by Gasteiger charge is 2.13. The fourth-order valence-electron chi connectivity index (χ4n) is 2.74. The average Bonchev–Trinajstić information content (AvgIpc) is 3.15. The van der Waals surface area contributed by atoms with E-state index in [0.29, 0.717) is 28.9 Å². The van der Waals surface area contributed by atoms with Crippen LogP contribution < -0.4 is 24.8 Å². The number of aromatic nitrogens is 3. The summed E-state index contributed by atoms with van der Waals surface area (Å²) >= 11 is 1.31. The molecule has 2 aromatic carbocycles. The Morgan fingerprint density at radius 2 is 1.71 bits per heavy atom. The van der Waals surface area contributed by atoms with Crippen LogP contribution in [0, 0.1) is 0 Å². The number of nitrogens with one attached hydrogen (secondary N) is 2. The van der Waals surface area contributed by atoms with E-state index in [1.165, 1.54) is 11.8 Å². The van der Waals surface area contributed by atoms with Gasteiger partial charge in [-0.2, -0.15) is 0 Å². The predicted molar refractivity (Wildman–Crippen MR) is 120 cm³/mol. The van der Waals surface area contributed by atoms with Crippen molar-refractivity contribution in [2.24, 2.45) is 7.05 Å². The van der Waals surface area contributed by atoms with Crippen molar-refractivity contribution in [3.8, 4) is 17.2 Å². The Morgan fingerprint density at radius 1 is 1.00 bits per heavy atom. The molecule has 0 fully saturated rings. The van der Waals surface area contributed by atoms with Crippen LogP contribution in [0.4, 0.5) is 11.4 Å². The monoisotopic (exact) mass is 443 g/mol. The van der Waals surface area contributed by atoms with Crippen LogP contribution in [0.3, 0.4) is 0 Å². The molecule has 3 aromatic rings. The Labute approximate surface area is 185 Å². The third-order valence-electron chi connectivity index (χ3n) is 4.48. The molecule has 0 spiro atoms. The van der Waals surface area contributed by atoms with Gasteiger partial charge in [0.1, 0.15) is 17.2 Å². The molecular formula is C21H25N5O4S. The number of rotatable bonds is 10. The van der Waals surface area contributed by atoms with Crippen molar-refractivity contribution in [1.82, 2.24) is 14.8 Å². The maximum Gasteiger partial charge on any atom is 0.234 e. The summed E-state index contributed by atoms with van der Waals surface area (Å²) in [6.45, 7) is 0.504. The number of carbonyl (C=O) groups is 1. The third kappa shape index (κ3) is 5.82. The van der Waals surface area contributed by atoms with E-state index >= 15 is 0 Å². The number of hydrogen-bond acceptors (Lipinski definition) is 8. The first-order chi connectivity index (χ1) is 15.0. The fraction of sp³-hybridized carbons (Fsp3) is 0.286. The zero-order chi connectivity index (χ0) is 22.2. The van der Waals surface area contributed by atoms with Gasteiger partial charge in [-0.15, -0.1) is 10.2 Å². The molecule has 0 radical (unpaired) electrons. The molecule has 2 N–H and O–H groups in total. The number of methoxy groups -OCH3 is 3. The molecule has 0 aliphatic rings. The van der Waals surface area contributed by atoms with Gasteiger partial charge in [0.2, 0.25) is 5.91 Å². The summed E-state index contributed by atoms with van der Waals surface area (Å²) in [4.78, 5) is 12.4. The van der Waals surface area contributed by atoms with Crippen LogP contribution in [0.5, 0.6) is 17.2 Å². The zero-order valence-corrected chi connectivity index (χ0v) is 18.7. The Balaban J connectivity index is 1.55. The summed E-state index contributed by atoms with van der Waals surface area (Å²) in [6, 6.07) is 12.9. The maximum absolute atomic E-state index is 12.4. The van der Waals surface area contributed by atoms with E-state index in [4.69, 9.17) is 14.2 Å². The Hall–Kier alpha value is -3.40. The Bertz CT molecular complexity index is 1020. The van der Waals surface area contributed by atoms with Crippen molar-refractivity contribution in [2.75, 3.05) is 37.7 Å². The van der Waals surface area contributed by atoms with Crippen molar-refractivity contribution in [2.45, 2.75) is 11.7 Å². The van der Waals surface area contributed by atoms with Crippen molar-refractivity contribution >= 4 is 29.0 Å². The molecule has 31 heavy (non-hydrogen) atoms. The molecule has 0 aliphatic heterocycles. The number of hydrogen-bond donors (Lipinski definition) is 2. The highest BCUT2D eigenvalue weighted by Crippen LogP contribution is 2.29. The lowest BCUT2D eigenvalue weighted by atomic mass is 10.2. The highest BCUT2D eigenvalue weighted by atomic mass is 32.2. The second kappa shape index (κ2) is 10.6. The Kier molecular flexibility index (Phi) is 7.60. The summed E-state index contributed by atoms with van der Waals surface area (Å²) < 4.78 is 17.5. The first-order valence-electron chi connectivity index (χ1n) is 9.45. The second-order valence-electron chi connectivity index (χ2n) is 6.44. The molecule has 9 nitrogen and oxygen atoms in total. The molecule has 1 amide bonds. The molecule has 10 heteroatoms. The number of thioether (sulfide) groups is 1. The summed E-state index contributed by atoms with van der Waals surface area (Å²) in [5, 5.41) is 15.2. The molecule has 3 rings (SSSR count). The van der Waals surface area contributed by atoms with Gasteiger partial charge >= 0.3 is 0 Å². The first kappa shape index (κ1) is 22.3. The van der Waals surface area contributed by atoms with Crippen LogP contribution in [0.1, 0.15) is 5.82 Å². The smallest absolute Gasteiger partial charge is 0.234 e. The van der Waals surface area contributed by atoms with Gasteiger partial charge in [-0.3, -0.25) is 4.79 Å². The van der Waals surface area contributed by atoms with E-state index in [2.05, 4.69) is 20.8 Å². The standard InChI is InChI=1S/C21H25N5O4S/c1-26-19(12-22-14-5-7-15(28-2)8-6-14)24-25-21(26)31-13-20(27)23-17-11-16(29-3)9-10-18(17)30-4/h5-11,22H,12-13H2,1-4H3,(H,23,27). The summed E-state index contributed by atoms with van der Waals surface area (Å²) in [7, 11) is 6.62. The van der Waals surface area contributed by atoms with Crippen LogP contribution in [-0.2, 0) is 18.4 Å². The molecule has 0 atom stereocenters. The minimum atomic E-state index is -0.183. The summed E-state index contributed by atoms with van der Waals surface area (Å²) in [5.74, 6) is 2.74. The molecule has 0 unspecified atom stereocenters. The van der Waals surface area contributed by atoms with Gasteiger partial charge in [0.15, 0.2) is 11.0 Å². The molecule has 1 heterocycles. The topological polar surface area (TPSA) is 99.5 Å². The first-order valence-corrected chi connectivity index (χ1v) is 10.4. The van der Waals surface area contributed by atoms with E-state index in [-0.39, 0.29) is 11.7 Å². The Morgan fingerprint density at radius 3 is 2.39 bits per heavy atom. The third-order valence-corrected chi connectivity index (χ3v) is 5.50. The quantitative estimate of drug-likeness (QED) is 0.461. The van der Waals surface area contributed by atoms with E-state index < -0.39 is 0 Å². The van der Waals surface area contributed by atoms with Gasteiger partial charge < -0.3 is 29.4 Å². The summed E-state index contributed by atoms with van der Waals surface area (Å²) in [5.41, 5.74) is 1.50. The van der Waals surface area contributed by atoms with Crippen LogP contribution in [0.25, 0.3) is 0 Å².